The molecule has 1 aromatic carbocycles. The van der Waals surface area contributed by atoms with Crippen molar-refractivity contribution in [1.29, 1.82) is 0 Å². The largest absolute Gasteiger partial charge is 0.497 e. The topological polar surface area (TPSA) is 48.0 Å². The van der Waals surface area contributed by atoms with Crippen LogP contribution in [-0.2, 0) is 11.2 Å². The number of ether oxygens (including phenoxy) is 3. The van der Waals surface area contributed by atoms with Gasteiger partial charge in [0.1, 0.15) is 17.1 Å². The zero-order valence-electron chi connectivity index (χ0n) is 14.7. The van der Waals surface area contributed by atoms with Crippen molar-refractivity contribution in [1.82, 2.24) is 4.90 Å². The lowest BCUT2D eigenvalue weighted by molar-refractivity contribution is 0.0226. The Hall–Kier alpha value is -1.91. The highest BCUT2D eigenvalue weighted by atomic mass is 16.6. The Morgan fingerprint density at radius 2 is 2.00 bits per heavy atom. The Bertz CT molecular complexity index is 550. The lowest BCUT2D eigenvalue weighted by Gasteiger charge is -2.29. The van der Waals surface area contributed by atoms with Gasteiger partial charge in [0, 0.05) is 12.6 Å². The highest BCUT2D eigenvalue weighted by Gasteiger charge is 2.32. The first-order valence-corrected chi connectivity index (χ1v) is 8.04. The summed E-state index contributed by atoms with van der Waals surface area (Å²) in [6, 6.07) is 5.89. The first kappa shape index (κ1) is 17.4. The summed E-state index contributed by atoms with van der Waals surface area (Å²) < 4.78 is 16.3. The summed E-state index contributed by atoms with van der Waals surface area (Å²) in [6.07, 6.45) is 2.47. The van der Waals surface area contributed by atoms with Crippen LogP contribution in [0, 0.1) is 0 Å². The van der Waals surface area contributed by atoms with Crippen molar-refractivity contribution in [2.75, 3.05) is 20.8 Å². The summed E-state index contributed by atoms with van der Waals surface area (Å²) in [5.74, 6) is 1.62. The van der Waals surface area contributed by atoms with Gasteiger partial charge in [-0.05, 0) is 63.8 Å². The molecule has 1 fully saturated rings. The van der Waals surface area contributed by atoms with Gasteiger partial charge in [-0.25, -0.2) is 4.79 Å². The van der Waals surface area contributed by atoms with Crippen molar-refractivity contribution in [3.8, 4) is 11.5 Å². The molecule has 0 aliphatic carbocycles. The number of benzene rings is 1. The van der Waals surface area contributed by atoms with Crippen LogP contribution in [0.5, 0.6) is 11.5 Å². The number of hydrogen-bond donors (Lipinski definition) is 0. The van der Waals surface area contributed by atoms with E-state index in [9.17, 15) is 4.79 Å². The molecule has 23 heavy (non-hydrogen) atoms. The maximum atomic E-state index is 12.4. The molecule has 0 aromatic heterocycles. The standard InChI is InChI=1S/C18H27NO4/c1-18(2,3)23-17(20)19-10-6-7-14(19)11-13-12-15(21-4)8-9-16(13)22-5/h8-9,12,14H,6-7,10-11H2,1-5H3/t14-/m0/s1. The summed E-state index contributed by atoms with van der Waals surface area (Å²) in [4.78, 5) is 14.2. The fourth-order valence-electron chi connectivity index (χ4n) is 2.90. The number of hydrogen-bond acceptors (Lipinski definition) is 4. The second-order valence-electron chi connectivity index (χ2n) is 6.85. The third-order valence-corrected chi connectivity index (χ3v) is 3.95. The average Bonchev–Trinajstić information content (AvgIpc) is 2.93. The third-order valence-electron chi connectivity index (χ3n) is 3.95. The summed E-state index contributed by atoms with van der Waals surface area (Å²) >= 11 is 0. The second kappa shape index (κ2) is 7.11. The molecule has 0 bridgehead atoms. The molecule has 0 saturated carbocycles. The molecule has 5 heteroatoms. The molecule has 0 radical (unpaired) electrons. The van der Waals surface area contributed by atoms with Gasteiger partial charge in [0.05, 0.1) is 14.2 Å². The molecule has 1 aliphatic heterocycles. The molecule has 0 unspecified atom stereocenters. The Morgan fingerprint density at radius 3 is 2.61 bits per heavy atom. The molecule has 1 amide bonds. The van der Waals surface area contributed by atoms with E-state index in [1.807, 2.05) is 43.9 Å². The average molecular weight is 321 g/mol. The third kappa shape index (κ3) is 4.53. The van der Waals surface area contributed by atoms with Crippen LogP contribution in [0.15, 0.2) is 18.2 Å². The summed E-state index contributed by atoms with van der Waals surface area (Å²) in [5, 5.41) is 0. The van der Waals surface area contributed by atoms with Crippen LogP contribution in [0.3, 0.4) is 0 Å². The number of likely N-dealkylation sites (tertiary alicyclic amines) is 1. The number of nitrogens with zero attached hydrogens (tertiary/aromatic N) is 1. The van der Waals surface area contributed by atoms with Crippen LogP contribution < -0.4 is 9.47 Å². The lowest BCUT2D eigenvalue weighted by Crippen LogP contribution is -2.40. The zero-order chi connectivity index (χ0) is 17.0. The number of rotatable bonds is 4. The van der Waals surface area contributed by atoms with Crippen LogP contribution in [0.25, 0.3) is 0 Å². The number of carbonyl (C=O) groups excluding carboxylic acids is 1. The maximum absolute atomic E-state index is 12.4. The Labute approximate surface area is 138 Å². The highest BCUT2D eigenvalue weighted by molar-refractivity contribution is 5.69. The van der Waals surface area contributed by atoms with E-state index in [0.29, 0.717) is 0 Å². The number of carbonyl (C=O) groups is 1. The van der Waals surface area contributed by atoms with Gasteiger partial charge in [0.25, 0.3) is 0 Å². The van der Waals surface area contributed by atoms with E-state index >= 15 is 0 Å². The first-order chi connectivity index (χ1) is 10.8. The van der Waals surface area contributed by atoms with Crippen molar-refractivity contribution in [2.45, 2.75) is 51.7 Å². The van der Waals surface area contributed by atoms with Gasteiger partial charge in [0.2, 0.25) is 0 Å². The van der Waals surface area contributed by atoms with Crippen LogP contribution >= 0.6 is 0 Å². The van der Waals surface area contributed by atoms with Crippen LogP contribution in [0.4, 0.5) is 4.79 Å². The normalized spacial score (nSPS) is 18.0. The first-order valence-electron chi connectivity index (χ1n) is 8.04. The smallest absolute Gasteiger partial charge is 0.410 e. The van der Waals surface area contributed by atoms with Crippen LogP contribution in [0.1, 0.15) is 39.2 Å². The van der Waals surface area contributed by atoms with Crippen LogP contribution in [-0.4, -0.2) is 43.4 Å². The molecular formula is C18H27NO4. The van der Waals surface area contributed by atoms with E-state index < -0.39 is 5.60 Å². The number of methoxy groups -OCH3 is 2. The molecule has 1 aromatic rings. The monoisotopic (exact) mass is 321 g/mol. The van der Waals surface area contributed by atoms with Crippen molar-refractivity contribution in [3.05, 3.63) is 23.8 Å². The molecule has 0 N–H and O–H groups in total. The molecule has 1 aliphatic rings. The van der Waals surface area contributed by atoms with Crippen molar-refractivity contribution in [3.63, 3.8) is 0 Å². The zero-order valence-corrected chi connectivity index (χ0v) is 14.7. The van der Waals surface area contributed by atoms with Gasteiger partial charge < -0.3 is 19.1 Å². The van der Waals surface area contributed by atoms with E-state index in [2.05, 4.69) is 0 Å². The van der Waals surface area contributed by atoms with Crippen molar-refractivity contribution < 1.29 is 19.0 Å². The van der Waals surface area contributed by atoms with Gasteiger partial charge in [-0.3, -0.25) is 0 Å². The van der Waals surface area contributed by atoms with Gasteiger partial charge >= 0.3 is 6.09 Å². The highest BCUT2D eigenvalue weighted by Crippen LogP contribution is 2.30. The van der Waals surface area contributed by atoms with E-state index in [4.69, 9.17) is 14.2 Å². The number of amides is 1. The summed E-state index contributed by atoms with van der Waals surface area (Å²) in [6.45, 7) is 6.41. The summed E-state index contributed by atoms with van der Waals surface area (Å²) in [5.41, 5.74) is 0.574. The summed E-state index contributed by atoms with van der Waals surface area (Å²) in [7, 11) is 3.31. The Morgan fingerprint density at radius 1 is 1.26 bits per heavy atom. The minimum Gasteiger partial charge on any atom is -0.497 e. The van der Waals surface area contributed by atoms with Crippen molar-refractivity contribution in [2.24, 2.45) is 0 Å². The fraction of sp³-hybridized carbons (Fsp3) is 0.611. The quantitative estimate of drug-likeness (QED) is 0.849. The Balaban J connectivity index is 2.14. The molecule has 128 valence electrons. The molecule has 0 spiro atoms. The molecule has 1 saturated heterocycles. The van der Waals surface area contributed by atoms with Gasteiger partial charge in [0.15, 0.2) is 0 Å². The molecule has 1 atom stereocenters. The second-order valence-corrected chi connectivity index (χ2v) is 6.85. The van der Waals surface area contributed by atoms with Gasteiger partial charge in [-0.1, -0.05) is 0 Å². The minimum atomic E-state index is -0.474. The minimum absolute atomic E-state index is 0.130. The Kier molecular flexibility index (Phi) is 5.39. The molecular weight excluding hydrogens is 294 g/mol. The van der Waals surface area contributed by atoms with E-state index in [1.165, 1.54) is 0 Å². The lowest BCUT2D eigenvalue weighted by atomic mass is 10.0. The van der Waals surface area contributed by atoms with E-state index in [0.717, 1.165) is 42.9 Å². The van der Waals surface area contributed by atoms with Gasteiger partial charge in [-0.15, -0.1) is 0 Å². The van der Waals surface area contributed by atoms with E-state index in [-0.39, 0.29) is 12.1 Å². The predicted octanol–water partition coefficient (Wildman–Crippen LogP) is 3.65. The molecule has 1 heterocycles. The van der Waals surface area contributed by atoms with Crippen LogP contribution in [0.2, 0.25) is 0 Å². The SMILES string of the molecule is COc1ccc(OC)c(C[C@@H]2CCCN2C(=O)OC(C)(C)C)c1. The predicted molar refractivity (Wildman–Crippen MR) is 89.2 cm³/mol. The molecule has 2 rings (SSSR count). The molecule has 5 nitrogen and oxygen atoms in total. The van der Waals surface area contributed by atoms with E-state index in [1.54, 1.807) is 14.2 Å². The fourth-order valence-corrected chi connectivity index (χ4v) is 2.90. The maximum Gasteiger partial charge on any atom is 0.410 e. The van der Waals surface area contributed by atoms with Crippen molar-refractivity contribution >= 4 is 6.09 Å². The van der Waals surface area contributed by atoms with Gasteiger partial charge in [-0.2, -0.15) is 0 Å².